The number of carboxylic acids is 1. The maximum atomic E-state index is 12.6. The van der Waals surface area contributed by atoms with Gasteiger partial charge in [0, 0.05) is 11.1 Å². The van der Waals surface area contributed by atoms with Crippen LogP contribution in [0.1, 0.15) is 62.2 Å². The first-order valence-electron chi connectivity index (χ1n) is 8.41. The number of nitrogens with zero attached hydrogens (tertiary/aromatic N) is 1. The predicted octanol–water partition coefficient (Wildman–Crippen LogP) is 2.74. The zero-order valence-corrected chi connectivity index (χ0v) is 15.4. The molecule has 2 aromatic carbocycles. The van der Waals surface area contributed by atoms with Crippen molar-refractivity contribution < 1.29 is 29.4 Å². The van der Waals surface area contributed by atoms with Crippen LogP contribution >= 0.6 is 0 Å². The molecule has 0 unspecified atom stereocenters. The van der Waals surface area contributed by atoms with Gasteiger partial charge in [-0.05, 0) is 57.2 Å². The SMILES string of the molecule is CC(C)(C)N1C(=O)c2ccc(C(=O)Nc3cc(C(=O)O)ccc3O)cc2C1=O. The number of aromatic hydroxyl groups is 1. The maximum Gasteiger partial charge on any atom is 0.335 e. The summed E-state index contributed by atoms with van der Waals surface area (Å²) in [6, 6.07) is 7.60. The Kier molecular flexibility index (Phi) is 4.42. The van der Waals surface area contributed by atoms with E-state index < -0.39 is 29.2 Å². The van der Waals surface area contributed by atoms with E-state index in [2.05, 4.69) is 5.32 Å². The molecule has 0 radical (unpaired) electrons. The lowest BCUT2D eigenvalue weighted by molar-refractivity contribution is 0.0506. The first-order valence-corrected chi connectivity index (χ1v) is 8.41. The molecule has 0 aliphatic carbocycles. The molecule has 0 bridgehead atoms. The van der Waals surface area contributed by atoms with Gasteiger partial charge in [0.15, 0.2) is 0 Å². The first-order chi connectivity index (χ1) is 13.0. The molecule has 0 saturated heterocycles. The number of fused-ring (bicyclic) bond motifs is 1. The third-order valence-corrected chi connectivity index (χ3v) is 4.31. The van der Waals surface area contributed by atoms with E-state index in [1.54, 1.807) is 20.8 Å². The second-order valence-electron chi connectivity index (χ2n) is 7.37. The Morgan fingerprint density at radius 1 is 0.929 bits per heavy atom. The summed E-state index contributed by atoms with van der Waals surface area (Å²) >= 11 is 0. The van der Waals surface area contributed by atoms with Gasteiger partial charge in [-0.25, -0.2) is 4.79 Å². The molecule has 8 heteroatoms. The number of phenols is 1. The lowest BCUT2D eigenvalue weighted by atomic mass is 10.0. The number of benzene rings is 2. The number of imide groups is 1. The summed E-state index contributed by atoms with van der Waals surface area (Å²) in [5, 5.41) is 21.3. The molecule has 3 N–H and O–H groups in total. The molecule has 3 rings (SSSR count). The highest BCUT2D eigenvalue weighted by Crippen LogP contribution is 2.30. The number of hydrogen-bond acceptors (Lipinski definition) is 5. The van der Waals surface area contributed by atoms with Crippen LogP contribution in [0, 0.1) is 0 Å². The minimum absolute atomic E-state index is 0.0795. The molecule has 0 saturated carbocycles. The molecule has 8 nitrogen and oxygen atoms in total. The minimum Gasteiger partial charge on any atom is -0.506 e. The van der Waals surface area contributed by atoms with Crippen molar-refractivity contribution in [2.75, 3.05) is 5.32 Å². The van der Waals surface area contributed by atoms with E-state index in [1.165, 1.54) is 24.3 Å². The Bertz CT molecular complexity index is 1040. The maximum absolute atomic E-state index is 12.6. The summed E-state index contributed by atoms with van der Waals surface area (Å²) < 4.78 is 0. The van der Waals surface area contributed by atoms with Crippen LogP contribution in [0.15, 0.2) is 36.4 Å². The van der Waals surface area contributed by atoms with Gasteiger partial charge in [0.1, 0.15) is 5.75 Å². The van der Waals surface area contributed by atoms with E-state index >= 15 is 0 Å². The van der Waals surface area contributed by atoms with Crippen molar-refractivity contribution in [3.8, 4) is 5.75 Å². The molecule has 0 aromatic heterocycles. The number of carboxylic acid groups (broad SMARTS) is 1. The number of hydrogen-bond donors (Lipinski definition) is 3. The number of rotatable bonds is 3. The molecule has 0 atom stereocenters. The fourth-order valence-corrected chi connectivity index (χ4v) is 2.96. The van der Waals surface area contributed by atoms with E-state index in [9.17, 15) is 24.3 Å². The minimum atomic E-state index is -1.21. The largest absolute Gasteiger partial charge is 0.506 e. The van der Waals surface area contributed by atoms with Gasteiger partial charge >= 0.3 is 5.97 Å². The van der Waals surface area contributed by atoms with Crippen LogP contribution in [-0.2, 0) is 0 Å². The summed E-state index contributed by atoms with van der Waals surface area (Å²) in [5.74, 6) is -3.08. The normalized spacial score (nSPS) is 13.5. The summed E-state index contributed by atoms with van der Waals surface area (Å²) in [6.07, 6.45) is 0. The highest BCUT2D eigenvalue weighted by atomic mass is 16.4. The van der Waals surface area contributed by atoms with Crippen LogP contribution in [-0.4, -0.2) is 44.3 Å². The van der Waals surface area contributed by atoms with Gasteiger partial charge in [-0.2, -0.15) is 0 Å². The Morgan fingerprint density at radius 3 is 2.14 bits per heavy atom. The van der Waals surface area contributed by atoms with Gasteiger partial charge < -0.3 is 15.5 Å². The van der Waals surface area contributed by atoms with Crippen LogP contribution in [0.5, 0.6) is 5.75 Å². The van der Waals surface area contributed by atoms with Gasteiger partial charge in [0.2, 0.25) is 0 Å². The van der Waals surface area contributed by atoms with E-state index in [0.717, 1.165) is 17.0 Å². The highest BCUT2D eigenvalue weighted by Gasteiger charge is 2.42. The molecule has 1 aliphatic heterocycles. The fourth-order valence-electron chi connectivity index (χ4n) is 2.96. The Morgan fingerprint density at radius 2 is 1.54 bits per heavy atom. The number of nitrogens with one attached hydrogen (secondary N) is 1. The third kappa shape index (κ3) is 3.20. The Hall–Kier alpha value is -3.68. The van der Waals surface area contributed by atoms with E-state index in [4.69, 9.17) is 5.11 Å². The number of phenolic OH excluding ortho intramolecular Hbond substituents is 1. The van der Waals surface area contributed by atoms with Crippen LogP contribution in [0.2, 0.25) is 0 Å². The predicted molar refractivity (Wildman–Crippen MR) is 99.7 cm³/mol. The summed E-state index contributed by atoms with van der Waals surface area (Å²) in [6.45, 7) is 5.21. The molecule has 2 aromatic rings. The lowest BCUT2D eigenvalue weighted by Gasteiger charge is -2.29. The second kappa shape index (κ2) is 6.49. The van der Waals surface area contributed by atoms with Crippen LogP contribution < -0.4 is 5.32 Å². The quantitative estimate of drug-likeness (QED) is 0.554. The summed E-state index contributed by atoms with van der Waals surface area (Å²) in [7, 11) is 0. The zero-order valence-electron chi connectivity index (χ0n) is 15.4. The van der Waals surface area contributed by atoms with Gasteiger partial charge in [-0.15, -0.1) is 0 Å². The van der Waals surface area contributed by atoms with Crippen molar-refractivity contribution in [1.29, 1.82) is 0 Å². The average molecular weight is 382 g/mol. The topological polar surface area (TPSA) is 124 Å². The van der Waals surface area contributed by atoms with Gasteiger partial charge in [0.25, 0.3) is 17.7 Å². The van der Waals surface area contributed by atoms with Crippen LogP contribution in [0.25, 0.3) is 0 Å². The first kappa shape index (κ1) is 19.1. The monoisotopic (exact) mass is 382 g/mol. The molecule has 0 spiro atoms. The zero-order chi connectivity index (χ0) is 20.8. The molecular formula is C20H18N2O6. The molecule has 1 aliphatic rings. The van der Waals surface area contributed by atoms with Gasteiger partial charge in [-0.3, -0.25) is 19.3 Å². The number of amides is 3. The van der Waals surface area contributed by atoms with Crippen LogP contribution in [0.3, 0.4) is 0 Å². The Balaban J connectivity index is 1.92. The molecule has 28 heavy (non-hydrogen) atoms. The smallest absolute Gasteiger partial charge is 0.335 e. The molecule has 144 valence electrons. The van der Waals surface area contributed by atoms with Gasteiger partial charge in [-0.1, -0.05) is 0 Å². The average Bonchev–Trinajstić information content (AvgIpc) is 2.86. The van der Waals surface area contributed by atoms with Crippen LogP contribution in [0.4, 0.5) is 5.69 Å². The molecule has 1 heterocycles. The number of aromatic carboxylic acids is 1. The fraction of sp³-hybridized carbons (Fsp3) is 0.200. The molecular weight excluding hydrogens is 364 g/mol. The molecule has 0 fully saturated rings. The van der Waals surface area contributed by atoms with Crippen molar-refractivity contribution >= 4 is 29.4 Å². The van der Waals surface area contributed by atoms with E-state index in [-0.39, 0.29) is 33.7 Å². The molecule has 3 amide bonds. The van der Waals surface area contributed by atoms with Crippen molar-refractivity contribution in [1.82, 2.24) is 4.90 Å². The van der Waals surface area contributed by atoms with Crippen molar-refractivity contribution in [3.63, 3.8) is 0 Å². The van der Waals surface area contributed by atoms with Gasteiger partial charge in [0.05, 0.1) is 22.4 Å². The van der Waals surface area contributed by atoms with E-state index in [1.807, 2.05) is 0 Å². The summed E-state index contributed by atoms with van der Waals surface area (Å²) in [4.78, 5) is 49.8. The highest BCUT2D eigenvalue weighted by molar-refractivity contribution is 6.22. The number of carbonyl (C=O) groups excluding carboxylic acids is 3. The van der Waals surface area contributed by atoms with E-state index in [0.29, 0.717) is 0 Å². The Labute approximate surface area is 160 Å². The van der Waals surface area contributed by atoms with Crippen molar-refractivity contribution in [3.05, 3.63) is 58.7 Å². The number of anilines is 1. The third-order valence-electron chi connectivity index (χ3n) is 4.31. The van der Waals surface area contributed by atoms with Crippen molar-refractivity contribution in [2.45, 2.75) is 26.3 Å². The standard InChI is InChI=1S/C20H18N2O6/c1-20(2,3)22-17(25)12-6-4-10(8-13(12)18(22)26)16(24)21-14-9-11(19(27)28)5-7-15(14)23/h4-9,23H,1-3H3,(H,21,24)(H,27,28). The number of carbonyl (C=O) groups is 4. The second-order valence-corrected chi connectivity index (χ2v) is 7.37. The summed E-state index contributed by atoms with van der Waals surface area (Å²) in [5.41, 5.74) is -0.467. The lowest BCUT2D eigenvalue weighted by Crippen LogP contribution is -2.45. The van der Waals surface area contributed by atoms with Crippen molar-refractivity contribution in [2.24, 2.45) is 0 Å².